The van der Waals surface area contributed by atoms with Gasteiger partial charge in [-0.05, 0) is 48.9 Å². The fourth-order valence-electron chi connectivity index (χ4n) is 1.96. The third-order valence-electron chi connectivity index (χ3n) is 2.98. The normalized spacial score (nSPS) is 13.8. The molecule has 0 bridgehead atoms. The van der Waals surface area contributed by atoms with Gasteiger partial charge in [0.1, 0.15) is 5.75 Å². The van der Waals surface area contributed by atoms with Gasteiger partial charge in [0.25, 0.3) is 0 Å². The van der Waals surface area contributed by atoms with Crippen LogP contribution < -0.4 is 10.5 Å². The highest BCUT2D eigenvalue weighted by molar-refractivity contribution is 9.10. The number of ether oxygens (including phenoxy) is 1. The molecule has 2 atom stereocenters. The maximum absolute atomic E-state index is 6.17. The second-order valence-corrected chi connectivity index (χ2v) is 6.76. The number of hydrogen-bond acceptors (Lipinski definition) is 3. The fourth-order valence-corrected chi connectivity index (χ4v) is 3.31. The predicted octanol–water partition coefficient (Wildman–Crippen LogP) is 4.64. The van der Waals surface area contributed by atoms with Crippen LogP contribution in [-0.2, 0) is 0 Å². The van der Waals surface area contributed by atoms with Crippen LogP contribution in [0.1, 0.15) is 17.7 Å². The number of halogens is 1. The van der Waals surface area contributed by atoms with Crippen LogP contribution in [-0.4, -0.2) is 13.2 Å². The maximum atomic E-state index is 6.17. The van der Waals surface area contributed by atoms with Crippen molar-refractivity contribution in [3.63, 3.8) is 0 Å². The van der Waals surface area contributed by atoms with Crippen molar-refractivity contribution < 1.29 is 4.74 Å². The summed E-state index contributed by atoms with van der Waals surface area (Å²) in [6.45, 7) is 2.04. The zero-order valence-electron chi connectivity index (χ0n) is 11.5. The molecule has 0 fully saturated rings. The summed E-state index contributed by atoms with van der Waals surface area (Å²) in [6, 6.07) is 16.5. The van der Waals surface area contributed by atoms with Crippen LogP contribution in [0.15, 0.2) is 57.9 Å². The van der Waals surface area contributed by atoms with E-state index in [-0.39, 0.29) is 11.3 Å². The van der Waals surface area contributed by atoms with Crippen LogP contribution in [0, 0.1) is 0 Å². The van der Waals surface area contributed by atoms with Crippen molar-refractivity contribution in [1.29, 1.82) is 0 Å². The quantitative estimate of drug-likeness (QED) is 0.797. The van der Waals surface area contributed by atoms with Gasteiger partial charge in [0.15, 0.2) is 0 Å². The molecule has 0 aromatic heterocycles. The lowest BCUT2D eigenvalue weighted by Crippen LogP contribution is -2.22. The van der Waals surface area contributed by atoms with Crippen molar-refractivity contribution in [3.05, 3.63) is 58.6 Å². The van der Waals surface area contributed by atoms with Gasteiger partial charge >= 0.3 is 0 Å². The van der Waals surface area contributed by atoms with Crippen LogP contribution in [0.5, 0.6) is 5.75 Å². The third-order valence-corrected chi connectivity index (χ3v) is 5.00. The molecule has 2 nitrogen and oxygen atoms in total. The number of nitrogens with two attached hydrogens (primary N) is 1. The van der Waals surface area contributed by atoms with Gasteiger partial charge in [-0.2, -0.15) is 0 Å². The smallest absolute Gasteiger partial charge is 0.119 e. The van der Waals surface area contributed by atoms with E-state index < -0.39 is 0 Å². The Morgan fingerprint density at radius 2 is 1.85 bits per heavy atom. The molecule has 2 N–H and O–H groups in total. The van der Waals surface area contributed by atoms with Gasteiger partial charge in [-0.3, -0.25) is 0 Å². The molecule has 20 heavy (non-hydrogen) atoms. The molecule has 0 saturated carbocycles. The van der Waals surface area contributed by atoms with Crippen LogP contribution in [0.4, 0.5) is 0 Å². The summed E-state index contributed by atoms with van der Waals surface area (Å²) < 4.78 is 6.38. The molecule has 2 rings (SSSR count). The molecule has 0 aliphatic carbocycles. The second kappa shape index (κ2) is 7.16. The second-order valence-electron chi connectivity index (χ2n) is 4.63. The van der Waals surface area contributed by atoms with Crippen molar-refractivity contribution in [2.24, 2.45) is 5.73 Å². The van der Waals surface area contributed by atoms with E-state index in [0.717, 1.165) is 10.2 Å². The summed E-state index contributed by atoms with van der Waals surface area (Å²) in [6.07, 6.45) is 0. The van der Waals surface area contributed by atoms with Crippen molar-refractivity contribution >= 4 is 27.7 Å². The molecular formula is C16H18BrNOS. The van der Waals surface area contributed by atoms with Crippen molar-refractivity contribution in [2.45, 2.75) is 23.1 Å². The lowest BCUT2D eigenvalue weighted by Gasteiger charge is -2.21. The zero-order chi connectivity index (χ0) is 14.5. The van der Waals surface area contributed by atoms with E-state index in [2.05, 4.69) is 40.2 Å². The van der Waals surface area contributed by atoms with Gasteiger partial charge in [-0.1, -0.05) is 28.1 Å². The van der Waals surface area contributed by atoms with E-state index in [1.807, 2.05) is 31.2 Å². The van der Waals surface area contributed by atoms with Crippen LogP contribution in [0.25, 0.3) is 0 Å². The van der Waals surface area contributed by atoms with E-state index >= 15 is 0 Å². The molecule has 0 heterocycles. The van der Waals surface area contributed by atoms with Gasteiger partial charge in [-0.25, -0.2) is 0 Å². The average molecular weight is 352 g/mol. The first kappa shape index (κ1) is 15.4. The third kappa shape index (κ3) is 4.01. The van der Waals surface area contributed by atoms with Crippen LogP contribution >= 0.6 is 27.7 Å². The summed E-state index contributed by atoms with van der Waals surface area (Å²) in [5, 5.41) is 0.200. The summed E-state index contributed by atoms with van der Waals surface area (Å²) in [5.41, 5.74) is 7.35. The summed E-state index contributed by atoms with van der Waals surface area (Å²) in [4.78, 5) is 1.21. The fraction of sp³-hybridized carbons (Fsp3) is 0.250. The first-order valence-electron chi connectivity index (χ1n) is 6.42. The monoisotopic (exact) mass is 351 g/mol. The van der Waals surface area contributed by atoms with Crippen molar-refractivity contribution in [1.82, 2.24) is 0 Å². The number of hydrogen-bond donors (Lipinski definition) is 1. The molecule has 0 radical (unpaired) electrons. The predicted molar refractivity (Wildman–Crippen MR) is 89.4 cm³/mol. The Hall–Kier alpha value is -0.970. The standard InChI is InChI=1S/C16H18BrNOS/c1-11(18)16(12-4-3-5-14(10-12)19-2)20-15-8-6-13(17)7-9-15/h3-11,16H,18H2,1-2H3. The summed E-state index contributed by atoms with van der Waals surface area (Å²) in [5.74, 6) is 0.865. The molecule has 106 valence electrons. The van der Waals surface area contributed by atoms with Crippen molar-refractivity contribution in [2.75, 3.05) is 7.11 Å². The Bertz CT molecular complexity index is 557. The van der Waals surface area contributed by atoms with Crippen molar-refractivity contribution in [3.8, 4) is 5.75 Å². The first-order chi connectivity index (χ1) is 9.60. The maximum Gasteiger partial charge on any atom is 0.119 e. The Morgan fingerprint density at radius 1 is 1.15 bits per heavy atom. The molecule has 0 saturated heterocycles. The molecular weight excluding hydrogens is 334 g/mol. The van der Waals surface area contributed by atoms with E-state index in [1.54, 1.807) is 18.9 Å². The van der Waals surface area contributed by atoms with E-state index in [9.17, 15) is 0 Å². The molecule has 2 aromatic carbocycles. The van der Waals surface area contributed by atoms with Gasteiger partial charge in [0.05, 0.1) is 7.11 Å². The largest absolute Gasteiger partial charge is 0.497 e. The Morgan fingerprint density at radius 3 is 2.45 bits per heavy atom. The number of thioether (sulfide) groups is 1. The molecule has 2 unspecified atom stereocenters. The van der Waals surface area contributed by atoms with E-state index in [1.165, 1.54) is 10.5 Å². The van der Waals surface area contributed by atoms with Crippen LogP contribution in [0.3, 0.4) is 0 Å². The SMILES string of the molecule is COc1cccc(C(Sc2ccc(Br)cc2)C(C)N)c1. The van der Waals surface area contributed by atoms with Crippen LogP contribution in [0.2, 0.25) is 0 Å². The Kier molecular flexibility index (Phi) is 5.52. The number of rotatable bonds is 5. The molecule has 0 amide bonds. The Balaban J connectivity index is 2.24. The lowest BCUT2D eigenvalue weighted by atomic mass is 10.1. The number of methoxy groups -OCH3 is 1. The van der Waals surface area contributed by atoms with Gasteiger partial charge in [0.2, 0.25) is 0 Å². The highest BCUT2D eigenvalue weighted by Gasteiger charge is 2.18. The van der Waals surface area contributed by atoms with Gasteiger partial charge in [-0.15, -0.1) is 11.8 Å². The van der Waals surface area contributed by atoms with E-state index in [4.69, 9.17) is 10.5 Å². The Labute approximate surface area is 132 Å². The highest BCUT2D eigenvalue weighted by atomic mass is 79.9. The molecule has 0 aliphatic heterocycles. The van der Waals surface area contributed by atoms with Gasteiger partial charge < -0.3 is 10.5 Å². The van der Waals surface area contributed by atoms with Gasteiger partial charge in [0, 0.05) is 20.7 Å². The molecule has 0 aliphatic rings. The average Bonchev–Trinajstić information content (AvgIpc) is 2.46. The van der Waals surface area contributed by atoms with E-state index in [0.29, 0.717) is 0 Å². The lowest BCUT2D eigenvalue weighted by molar-refractivity contribution is 0.414. The summed E-state index contributed by atoms with van der Waals surface area (Å²) in [7, 11) is 1.68. The summed E-state index contributed by atoms with van der Waals surface area (Å²) >= 11 is 5.23. The zero-order valence-corrected chi connectivity index (χ0v) is 13.9. The minimum atomic E-state index is 0.0516. The topological polar surface area (TPSA) is 35.2 Å². The first-order valence-corrected chi connectivity index (χ1v) is 8.09. The minimum absolute atomic E-state index is 0.0516. The number of benzene rings is 2. The highest BCUT2D eigenvalue weighted by Crippen LogP contribution is 2.38. The molecule has 4 heteroatoms. The molecule has 2 aromatic rings. The molecule has 0 spiro atoms. The minimum Gasteiger partial charge on any atom is -0.497 e.